The Balaban J connectivity index is 0.00000499. The summed E-state index contributed by atoms with van der Waals surface area (Å²) in [5.74, 6) is 0.967. The summed E-state index contributed by atoms with van der Waals surface area (Å²) in [5.41, 5.74) is 12.6. The first-order valence-corrected chi connectivity index (χ1v) is 21.3. The van der Waals surface area contributed by atoms with Crippen molar-refractivity contribution in [2.75, 3.05) is 0 Å². The van der Waals surface area contributed by atoms with Gasteiger partial charge in [0, 0.05) is 44.1 Å². The number of benzene rings is 6. The fourth-order valence-electron chi connectivity index (χ4n) is 8.14. The van der Waals surface area contributed by atoms with Crippen molar-refractivity contribution in [3.05, 3.63) is 156 Å². The second kappa shape index (κ2) is 15.3. The van der Waals surface area contributed by atoms with Crippen LogP contribution in [0, 0.1) is 6.07 Å². The third-order valence-electron chi connectivity index (χ3n) is 11.5. The molecule has 9 rings (SSSR count). The third kappa shape index (κ3) is 7.41. The molecule has 0 fully saturated rings. The zero-order valence-corrected chi connectivity index (χ0v) is 38.8. The summed E-state index contributed by atoms with van der Waals surface area (Å²) >= 11 is 1.76. The molecule has 4 nitrogen and oxygen atoms in total. The summed E-state index contributed by atoms with van der Waals surface area (Å²) in [5, 5.41) is 14.5. The van der Waals surface area contributed by atoms with E-state index in [2.05, 4.69) is 194 Å². The van der Waals surface area contributed by atoms with Crippen LogP contribution in [-0.2, 0) is 37.3 Å². The Labute approximate surface area is 372 Å². The molecule has 304 valence electrons. The molecule has 0 atom stereocenters. The number of hydrogen-bond acceptors (Lipinski definition) is 4. The van der Waals surface area contributed by atoms with Crippen LogP contribution in [0.1, 0.15) is 79.0 Å². The van der Waals surface area contributed by atoms with Gasteiger partial charge in [0.2, 0.25) is 0 Å². The molecule has 6 aromatic carbocycles. The molecule has 3 aromatic heterocycles. The van der Waals surface area contributed by atoms with Crippen molar-refractivity contribution < 1.29 is 26.2 Å². The van der Waals surface area contributed by atoms with E-state index in [0.29, 0.717) is 5.82 Å². The van der Waals surface area contributed by atoms with Crippen molar-refractivity contribution in [2.24, 2.45) is 0 Å². The number of phenols is 1. The summed E-state index contributed by atoms with van der Waals surface area (Å²) < 4.78 is 4.56. The van der Waals surface area contributed by atoms with E-state index in [1.165, 1.54) is 5.56 Å². The van der Waals surface area contributed by atoms with Crippen molar-refractivity contribution in [3.8, 4) is 56.3 Å². The summed E-state index contributed by atoms with van der Waals surface area (Å²) in [7, 11) is 0. The van der Waals surface area contributed by atoms with E-state index in [0.717, 1.165) is 87.1 Å². The first-order chi connectivity index (χ1) is 28.1. The molecule has 0 unspecified atom stereocenters. The normalized spacial score (nSPS) is 12.3. The number of nitrogens with zero attached hydrogens (tertiary/aromatic N) is 3. The predicted molar refractivity (Wildman–Crippen MR) is 250 cm³/mol. The van der Waals surface area contributed by atoms with Gasteiger partial charge in [-0.1, -0.05) is 158 Å². The molecule has 0 radical (unpaired) electrons. The molecule has 3 heterocycles. The van der Waals surface area contributed by atoms with Gasteiger partial charge in [0.1, 0.15) is 11.6 Å². The maximum Gasteiger partial charge on any atom is 0.148 e. The molecule has 0 bridgehead atoms. The smallest absolute Gasteiger partial charge is 0.148 e. The van der Waals surface area contributed by atoms with Gasteiger partial charge in [0.05, 0.1) is 22.3 Å². The number of fused-ring (bicyclic) bond motifs is 5. The molecule has 0 aliphatic heterocycles. The van der Waals surface area contributed by atoms with Gasteiger partial charge in [-0.05, 0) is 89.2 Å². The van der Waals surface area contributed by atoms with Gasteiger partial charge >= 0.3 is 0 Å². The van der Waals surface area contributed by atoms with Crippen LogP contribution in [0.15, 0.2) is 134 Å². The van der Waals surface area contributed by atoms with Gasteiger partial charge in [-0.2, -0.15) is 11.3 Å². The van der Waals surface area contributed by atoms with E-state index in [1.807, 2.05) is 12.3 Å². The van der Waals surface area contributed by atoms with Gasteiger partial charge in [-0.25, -0.2) is 4.98 Å². The van der Waals surface area contributed by atoms with Gasteiger partial charge in [0.15, 0.2) is 0 Å². The van der Waals surface area contributed by atoms with Gasteiger partial charge in [-0.3, -0.25) is 9.55 Å². The van der Waals surface area contributed by atoms with E-state index >= 15 is 0 Å². The molecule has 0 aliphatic rings. The number of pyridine rings is 1. The minimum Gasteiger partial charge on any atom is -0.507 e. The van der Waals surface area contributed by atoms with E-state index in [-0.39, 0.29) is 43.1 Å². The summed E-state index contributed by atoms with van der Waals surface area (Å²) in [6.07, 6.45) is 1.88. The van der Waals surface area contributed by atoms with Gasteiger partial charge < -0.3 is 5.11 Å². The first kappa shape index (κ1) is 41.4. The Morgan fingerprint density at radius 3 is 1.92 bits per heavy atom. The average molecular weight is 984 g/mol. The van der Waals surface area contributed by atoms with Crippen LogP contribution in [0.5, 0.6) is 5.75 Å². The quantitative estimate of drug-likeness (QED) is 0.175. The number of aromatic nitrogens is 3. The van der Waals surface area contributed by atoms with Crippen LogP contribution in [-0.4, -0.2) is 19.6 Å². The number of hydrogen-bond donors (Lipinski definition) is 1. The fourth-order valence-corrected chi connectivity index (χ4v) is 9.20. The van der Waals surface area contributed by atoms with Crippen molar-refractivity contribution in [2.45, 2.75) is 78.6 Å². The summed E-state index contributed by atoms with van der Waals surface area (Å²) in [6.45, 7) is 20.0. The minimum atomic E-state index is -0.311. The number of rotatable bonds is 5. The molecule has 0 spiro atoms. The monoisotopic (exact) mass is 983 g/mol. The van der Waals surface area contributed by atoms with E-state index in [4.69, 9.17) is 9.97 Å². The molecule has 1 N–H and O–H groups in total. The molecule has 60 heavy (non-hydrogen) atoms. The second-order valence-electron chi connectivity index (χ2n) is 18.9. The van der Waals surface area contributed by atoms with Crippen LogP contribution in [0.4, 0.5) is 0 Å². The molecular formula is C54H50N3OPtS-. The van der Waals surface area contributed by atoms with Gasteiger partial charge in [0.25, 0.3) is 0 Å². The number of imidazole rings is 1. The summed E-state index contributed by atoms with van der Waals surface area (Å²) in [6, 6.07) is 49.0. The topological polar surface area (TPSA) is 50.9 Å². The van der Waals surface area contributed by atoms with Crippen LogP contribution < -0.4 is 0 Å². The molecule has 9 aromatic rings. The largest absolute Gasteiger partial charge is 0.507 e. The summed E-state index contributed by atoms with van der Waals surface area (Å²) in [4.78, 5) is 10.5. The average Bonchev–Trinajstić information content (AvgIpc) is 3.78. The molecule has 0 saturated carbocycles. The Hall–Kier alpha value is -5.35. The first-order valence-electron chi connectivity index (χ1n) is 20.5. The van der Waals surface area contributed by atoms with Crippen molar-refractivity contribution in [1.82, 2.24) is 14.5 Å². The maximum atomic E-state index is 12.4. The molecule has 6 heteroatoms. The van der Waals surface area contributed by atoms with Crippen LogP contribution >= 0.6 is 11.3 Å². The SMILES string of the molecule is CC(C)(C)c1ccc(-n2c(-c3cc(C(C)(C)C)cc(C(C)(C)C)c3O)nc3c4c(ccc32)sc2ccc(-c3cc(-c5ccccc5)ccn3)[c-]c24)c(-c2ccccc2)c1.[Pt]. The molecular weight excluding hydrogens is 934 g/mol. The fraction of sp³-hybridized carbons (Fsp3) is 0.222. The number of phenolic OH excluding ortho intramolecular Hbond substituents is 1. The zero-order valence-electron chi connectivity index (χ0n) is 35.7. The van der Waals surface area contributed by atoms with Crippen LogP contribution in [0.3, 0.4) is 0 Å². The third-order valence-corrected chi connectivity index (χ3v) is 12.6. The Morgan fingerprint density at radius 1 is 0.600 bits per heavy atom. The molecule has 0 aliphatic carbocycles. The minimum absolute atomic E-state index is 0. The van der Waals surface area contributed by atoms with Gasteiger partial charge in [-0.15, -0.1) is 18.2 Å². The number of thiophene rings is 1. The van der Waals surface area contributed by atoms with Crippen molar-refractivity contribution in [3.63, 3.8) is 0 Å². The number of aromatic hydroxyl groups is 1. The second-order valence-corrected chi connectivity index (χ2v) is 19.9. The van der Waals surface area contributed by atoms with Crippen molar-refractivity contribution >= 4 is 42.5 Å². The van der Waals surface area contributed by atoms with Crippen LogP contribution in [0.2, 0.25) is 0 Å². The molecule has 0 saturated heterocycles. The zero-order chi connectivity index (χ0) is 41.4. The molecule has 0 amide bonds. The Bertz CT molecular complexity index is 3050. The van der Waals surface area contributed by atoms with Crippen LogP contribution in [0.25, 0.3) is 81.8 Å². The van der Waals surface area contributed by atoms with E-state index in [1.54, 1.807) is 11.3 Å². The standard InChI is InChI=1S/C54H50N3OS.Pt/c1-52(2,3)37-21-22-44(39(30-37)34-18-14-11-15-19-34)57-45-23-25-47-48(49(45)56-51(57)41-31-38(53(4,5)6)32-42(50(41)58)54(7,8)9)40-28-36(20-24-46(40)59-47)43-29-35(26-27-55-43)33-16-12-10-13-17-33;/h10-27,29-32,58H,1-9H3;/q-1;. The Morgan fingerprint density at radius 2 is 1.25 bits per heavy atom. The van der Waals surface area contributed by atoms with Crippen molar-refractivity contribution in [1.29, 1.82) is 0 Å². The van der Waals surface area contributed by atoms with E-state index in [9.17, 15) is 5.11 Å². The predicted octanol–water partition coefficient (Wildman–Crippen LogP) is 14.9. The van der Waals surface area contributed by atoms with E-state index < -0.39 is 0 Å². The Kier molecular flexibility index (Phi) is 10.5. The maximum absolute atomic E-state index is 12.4.